The Kier molecular flexibility index (Phi) is 9.15. The van der Waals surface area contributed by atoms with Gasteiger partial charge in [-0.25, -0.2) is 8.78 Å². The maximum absolute atomic E-state index is 14.8. The molecule has 0 unspecified atom stereocenters. The van der Waals surface area contributed by atoms with Crippen LogP contribution in [0.5, 0.6) is 17.2 Å². The molecule has 0 saturated heterocycles. The van der Waals surface area contributed by atoms with Crippen LogP contribution in [0.4, 0.5) is 13.2 Å². The Morgan fingerprint density at radius 3 is 2.24 bits per heavy atom. The van der Waals surface area contributed by atoms with E-state index >= 15 is 0 Å². The highest BCUT2D eigenvalue weighted by atomic mass is 19.2. The fourth-order valence-electron chi connectivity index (χ4n) is 4.80. The minimum Gasteiger partial charge on any atom is -0.494 e. The zero-order chi connectivity index (χ0) is 26.2. The molecule has 1 aliphatic carbocycles. The van der Waals surface area contributed by atoms with Crippen LogP contribution in [0.25, 0.3) is 11.1 Å². The molecule has 3 nitrogen and oxygen atoms in total. The summed E-state index contributed by atoms with van der Waals surface area (Å²) in [6.07, 6.45) is 5.76. The van der Waals surface area contributed by atoms with Crippen molar-refractivity contribution in [3.8, 4) is 28.4 Å². The van der Waals surface area contributed by atoms with Gasteiger partial charge < -0.3 is 14.2 Å². The van der Waals surface area contributed by atoms with Crippen LogP contribution < -0.4 is 14.2 Å². The lowest BCUT2D eigenvalue weighted by Gasteiger charge is -2.29. The first kappa shape index (κ1) is 26.6. The molecule has 4 rings (SSSR count). The lowest BCUT2D eigenvalue weighted by molar-refractivity contribution is 0.192. The highest BCUT2D eigenvalue weighted by molar-refractivity contribution is 5.66. The first-order chi connectivity index (χ1) is 18.0. The third-order valence-corrected chi connectivity index (χ3v) is 6.85. The van der Waals surface area contributed by atoms with Crippen molar-refractivity contribution in [3.05, 3.63) is 90.3 Å². The maximum atomic E-state index is 14.8. The van der Waals surface area contributed by atoms with Gasteiger partial charge in [0.1, 0.15) is 17.3 Å². The number of rotatable bonds is 11. The van der Waals surface area contributed by atoms with Crippen LogP contribution in [0.1, 0.15) is 50.5 Å². The molecule has 1 aliphatic rings. The van der Waals surface area contributed by atoms with Crippen LogP contribution in [-0.2, 0) is 0 Å². The quantitative estimate of drug-likeness (QED) is 0.191. The summed E-state index contributed by atoms with van der Waals surface area (Å²) in [5.74, 6) is -0.735. The monoisotopic (exact) mass is 510 g/mol. The summed E-state index contributed by atoms with van der Waals surface area (Å²) in [6, 6.07) is 14.9. The van der Waals surface area contributed by atoms with Gasteiger partial charge in [0.25, 0.3) is 0 Å². The van der Waals surface area contributed by atoms with E-state index in [9.17, 15) is 13.2 Å². The van der Waals surface area contributed by atoms with Crippen molar-refractivity contribution in [2.75, 3.05) is 19.8 Å². The van der Waals surface area contributed by atoms with Crippen LogP contribution in [-0.4, -0.2) is 19.8 Å². The molecule has 1 fully saturated rings. The van der Waals surface area contributed by atoms with Gasteiger partial charge in [0.15, 0.2) is 11.6 Å². The summed E-state index contributed by atoms with van der Waals surface area (Å²) in [5, 5.41) is 0. The fourth-order valence-corrected chi connectivity index (χ4v) is 4.80. The molecule has 0 N–H and O–H groups in total. The van der Waals surface area contributed by atoms with Crippen LogP contribution in [0.3, 0.4) is 0 Å². The number of ether oxygens (including phenoxy) is 3. The number of halogens is 3. The average molecular weight is 511 g/mol. The van der Waals surface area contributed by atoms with E-state index in [2.05, 4.69) is 6.58 Å². The van der Waals surface area contributed by atoms with E-state index in [4.69, 9.17) is 14.2 Å². The van der Waals surface area contributed by atoms with Gasteiger partial charge in [-0.1, -0.05) is 24.3 Å². The Balaban J connectivity index is 1.31. The zero-order valence-electron chi connectivity index (χ0n) is 21.2. The van der Waals surface area contributed by atoms with E-state index in [1.807, 2.05) is 19.1 Å². The molecule has 0 aromatic heterocycles. The van der Waals surface area contributed by atoms with Gasteiger partial charge in [0, 0.05) is 11.6 Å². The lowest BCUT2D eigenvalue weighted by Crippen LogP contribution is -2.20. The molecule has 0 radical (unpaired) electrons. The second-order valence-corrected chi connectivity index (χ2v) is 9.33. The van der Waals surface area contributed by atoms with Gasteiger partial charge in [-0.15, -0.1) is 6.58 Å². The molecule has 0 heterocycles. The van der Waals surface area contributed by atoms with Crippen LogP contribution in [0.2, 0.25) is 0 Å². The topological polar surface area (TPSA) is 27.7 Å². The molecule has 3 aromatic rings. The third kappa shape index (κ3) is 6.68. The predicted octanol–water partition coefficient (Wildman–Crippen LogP) is 8.48. The smallest absolute Gasteiger partial charge is 0.201 e. The van der Waals surface area contributed by atoms with Crippen molar-refractivity contribution in [3.63, 3.8) is 0 Å². The maximum Gasteiger partial charge on any atom is 0.201 e. The van der Waals surface area contributed by atoms with Crippen molar-refractivity contribution >= 4 is 0 Å². The van der Waals surface area contributed by atoms with Crippen molar-refractivity contribution in [1.29, 1.82) is 0 Å². The number of benzene rings is 3. The van der Waals surface area contributed by atoms with Gasteiger partial charge in [-0.2, -0.15) is 4.39 Å². The molecule has 37 heavy (non-hydrogen) atoms. The SMILES string of the molecule is C=CCCOc1ccc(C2CCC(COc3ccc(-c4ccc(OCC)cc4)c(F)c3F)CC2)c(F)c1. The normalized spacial score (nSPS) is 17.3. The molecular formula is C31H33F3O3. The van der Waals surface area contributed by atoms with Gasteiger partial charge in [-0.05, 0) is 92.3 Å². The summed E-state index contributed by atoms with van der Waals surface area (Å²) in [4.78, 5) is 0. The first-order valence-electron chi connectivity index (χ1n) is 12.9. The van der Waals surface area contributed by atoms with Crippen molar-refractivity contribution in [1.82, 2.24) is 0 Å². The van der Waals surface area contributed by atoms with E-state index in [-0.39, 0.29) is 29.0 Å². The number of hydrogen-bond donors (Lipinski definition) is 0. The summed E-state index contributed by atoms with van der Waals surface area (Å²) in [6.45, 7) is 6.84. The van der Waals surface area contributed by atoms with E-state index < -0.39 is 11.6 Å². The molecular weight excluding hydrogens is 477 g/mol. The number of hydrogen-bond acceptors (Lipinski definition) is 3. The predicted molar refractivity (Wildman–Crippen MR) is 140 cm³/mol. The summed E-state index contributed by atoms with van der Waals surface area (Å²) < 4.78 is 60.9. The van der Waals surface area contributed by atoms with E-state index in [0.717, 1.165) is 25.7 Å². The Bertz CT molecular complexity index is 1190. The Morgan fingerprint density at radius 1 is 0.838 bits per heavy atom. The van der Waals surface area contributed by atoms with Crippen molar-refractivity contribution in [2.24, 2.45) is 5.92 Å². The largest absolute Gasteiger partial charge is 0.494 e. The zero-order valence-corrected chi connectivity index (χ0v) is 21.2. The Labute approximate surface area is 216 Å². The third-order valence-electron chi connectivity index (χ3n) is 6.85. The second-order valence-electron chi connectivity index (χ2n) is 9.33. The Morgan fingerprint density at radius 2 is 1.57 bits per heavy atom. The summed E-state index contributed by atoms with van der Waals surface area (Å²) in [7, 11) is 0. The average Bonchev–Trinajstić information content (AvgIpc) is 2.91. The molecule has 0 spiro atoms. The van der Waals surface area contributed by atoms with Gasteiger partial charge in [0.05, 0.1) is 19.8 Å². The first-order valence-corrected chi connectivity index (χ1v) is 12.9. The Hall–Kier alpha value is -3.41. The van der Waals surface area contributed by atoms with E-state index in [1.54, 1.807) is 30.3 Å². The molecule has 0 atom stereocenters. The van der Waals surface area contributed by atoms with Crippen LogP contribution >= 0.6 is 0 Å². The minimum atomic E-state index is -0.988. The van der Waals surface area contributed by atoms with Gasteiger partial charge >= 0.3 is 0 Å². The van der Waals surface area contributed by atoms with Crippen LogP contribution in [0.15, 0.2) is 67.3 Å². The second kappa shape index (κ2) is 12.7. The molecule has 3 aromatic carbocycles. The minimum absolute atomic E-state index is 0.0904. The van der Waals surface area contributed by atoms with Gasteiger partial charge in [0.2, 0.25) is 5.82 Å². The molecule has 0 aliphatic heterocycles. The highest BCUT2D eigenvalue weighted by Gasteiger charge is 2.26. The molecule has 196 valence electrons. The van der Waals surface area contributed by atoms with Crippen LogP contribution in [0, 0.1) is 23.4 Å². The van der Waals surface area contributed by atoms with Gasteiger partial charge in [-0.3, -0.25) is 0 Å². The fraction of sp³-hybridized carbons (Fsp3) is 0.355. The standard InChI is InChI=1S/C31H33F3O3/c1-3-5-18-36-25-14-15-26(28(32)19-25)22-8-6-21(7-9-22)20-37-29-17-16-27(30(33)31(29)34)23-10-12-24(13-11-23)35-4-2/h3,10-17,19,21-22H,1,4-9,18,20H2,2H3. The van der Waals surface area contributed by atoms with E-state index in [1.165, 1.54) is 18.2 Å². The summed E-state index contributed by atoms with van der Waals surface area (Å²) >= 11 is 0. The molecule has 1 saturated carbocycles. The molecule has 0 amide bonds. The molecule has 6 heteroatoms. The van der Waals surface area contributed by atoms with E-state index in [0.29, 0.717) is 48.9 Å². The van der Waals surface area contributed by atoms with Crippen molar-refractivity contribution in [2.45, 2.75) is 44.9 Å². The lowest BCUT2D eigenvalue weighted by atomic mass is 9.79. The van der Waals surface area contributed by atoms with Crippen molar-refractivity contribution < 1.29 is 27.4 Å². The summed E-state index contributed by atoms with van der Waals surface area (Å²) in [5.41, 5.74) is 1.44. The highest BCUT2D eigenvalue weighted by Crippen LogP contribution is 2.38. The molecule has 0 bridgehead atoms.